The Hall–Kier alpha value is -3.35. The van der Waals surface area contributed by atoms with Gasteiger partial charge in [-0.25, -0.2) is 4.99 Å². The first-order chi connectivity index (χ1) is 18.0. The summed E-state index contributed by atoms with van der Waals surface area (Å²) in [5, 5.41) is 4.48. The smallest absolute Gasteiger partial charge is 0.319 e. The topological polar surface area (TPSA) is 113 Å². The molecule has 0 aliphatic carbocycles. The molecule has 37 heavy (non-hydrogen) atoms. The molecule has 1 saturated heterocycles. The molecule has 4 rings (SSSR count). The Bertz CT molecular complexity index is 1360. The van der Waals surface area contributed by atoms with Gasteiger partial charge in [-0.05, 0) is 42.3 Å². The third-order valence-corrected chi connectivity index (χ3v) is 6.85. The molecule has 1 aliphatic heterocycles. The monoisotopic (exact) mass is 539 g/mol. The van der Waals surface area contributed by atoms with Crippen LogP contribution in [0.25, 0.3) is 0 Å². The van der Waals surface area contributed by atoms with Crippen LogP contribution in [0.4, 0.5) is 11.4 Å². The van der Waals surface area contributed by atoms with Crippen molar-refractivity contribution in [3.05, 3.63) is 72.3 Å². The van der Waals surface area contributed by atoms with Crippen molar-refractivity contribution in [1.82, 2.24) is 19.7 Å². The molecule has 1 aliphatic rings. The summed E-state index contributed by atoms with van der Waals surface area (Å²) in [5.74, 6) is -0.167. The summed E-state index contributed by atoms with van der Waals surface area (Å²) in [6.45, 7) is 5.03. The molecule has 1 fully saturated rings. The van der Waals surface area contributed by atoms with Gasteiger partial charge in [0.05, 0.1) is 24.1 Å². The van der Waals surface area contributed by atoms with Crippen molar-refractivity contribution in [2.45, 2.75) is 19.5 Å². The third-order valence-electron chi connectivity index (χ3n) is 5.92. The van der Waals surface area contributed by atoms with Crippen LogP contribution in [0.3, 0.4) is 0 Å². The SMILES string of the molecule is CSCCC(=Nc1cccc(N2CCN(Cc3cnn(Cc4ccccn4)c3)CC2)c1)C(=O)N=S(=O)=O. The summed E-state index contributed by atoms with van der Waals surface area (Å²) < 4.78 is 26.7. The van der Waals surface area contributed by atoms with Crippen molar-refractivity contribution in [1.29, 1.82) is 0 Å². The van der Waals surface area contributed by atoms with Crippen molar-refractivity contribution < 1.29 is 13.2 Å². The number of aromatic nitrogens is 3. The van der Waals surface area contributed by atoms with E-state index < -0.39 is 16.4 Å². The van der Waals surface area contributed by atoms with Gasteiger partial charge in [-0.3, -0.25) is 19.4 Å². The zero-order valence-corrected chi connectivity index (χ0v) is 22.2. The standard InChI is InChI=1S/C25H29N7O3S2/c1-36-14-8-24(25(33)29-37(34)35)28-21-6-4-7-23(15-21)31-12-10-30(11-13-31)17-20-16-27-32(18-20)19-22-5-2-3-9-26-22/h2-7,9,15-16,18H,8,10-14,17,19H2,1H3. The summed E-state index contributed by atoms with van der Waals surface area (Å²) in [4.78, 5) is 25.7. The van der Waals surface area contributed by atoms with E-state index in [1.165, 1.54) is 5.56 Å². The van der Waals surface area contributed by atoms with E-state index in [2.05, 4.69) is 35.4 Å². The molecule has 0 unspecified atom stereocenters. The number of thioether (sulfide) groups is 1. The number of aliphatic imine (C=N–C) groups is 1. The summed E-state index contributed by atoms with van der Waals surface area (Å²) in [5.41, 5.74) is 3.92. The molecule has 3 aromatic rings. The van der Waals surface area contributed by atoms with E-state index in [-0.39, 0.29) is 5.71 Å². The van der Waals surface area contributed by atoms with Crippen LogP contribution in [-0.2, 0) is 28.4 Å². The average molecular weight is 540 g/mol. The maximum Gasteiger partial charge on any atom is 0.319 e. The molecular weight excluding hydrogens is 510 g/mol. The van der Waals surface area contributed by atoms with Gasteiger partial charge in [0, 0.05) is 62.8 Å². The lowest BCUT2D eigenvalue weighted by molar-refractivity contribution is -0.111. The van der Waals surface area contributed by atoms with Gasteiger partial charge >= 0.3 is 16.4 Å². The second-order valence-corrected chi connectivity index (χ2v) is 10.2. The number of piperazine rings is 1. The van der Waals surface area contributed by atoms with Gasteiger partial charge in [0.2, 0.25) is 0 Å². The molecule has 0 spiro atoms. The highest BCUT2D eigenvalue weighted by Gasteiger charge is 2.19. The highest BCUT2D eigenvalue weighted by atomic mass is 32.2. The van der Waals surface area contributed by atoms with Crippen molar-refractivity contribution in [2.24, 2.45) is 9.36 Å². The predicted octanol–water partition coefficient (Wildman–Crippen LogP) is 3.06. The van der Waals surface area contributed by atoms with Crippen molar-refractivity contribution in [2.75, 3.05) is 43.1 Å². The second kappa shape index (κ2) is 13.3. The van der Waals surface area contributed by atoms with Gasteiger partial charge in [0.25, 0.3) is 0 Å². The van der Waals surface area contributed by atoms with Crippen molar-refractivity contribution >= 4 is 45.3 Å². The van der Waals surface area contributed by atoms with E-state index in [4.69, 9.17) is 0 Å². The summed E-state index contributed by atoms with van der Waals surface area (Å²) >= 11 is 1.56. The van der Waals surface area contributed by atoms with Crippen LogP contribution in [0.5, 0.6) is 0 Å². The molecule has 12 heteroatoms. The minimum Gasteiger partial charge on any atom is -0.369 e. The van der Waals surface area contributed by atoms with Crippen LogP contribution in [-0.4, -0.2) is 77.9 Å². The number of amides is 1. The lowest BCUT2D eigenvalue weighted by atomic mass is 10.2. The third kappa shape index (κ3) is 8.07. The number of hydrogen-bond donors (Lipinski definition) is 0. The van der Waals surface area contributed by atoms with Crippen LogP contribution >= 0.6 is 11.8 Å². The Kier molecular flexibility index (Phi) is 9.58. The second-order valence-electron chi connectivity index (χ2n) is 8.57. The molecule has 0 radical (unpaired) electrons. The van der Waals surface area contributed by atoms with E-state index in [0.29, 0.717) is 24.4 Å². The van der Waals surface area contributed by atoms with Crippen LogP contribution in [0.2, 0.25) is 0 Å². The lowest BCUT2D eigenvalue weighted by Crippen LogP contribution is -2.45. The fraction of sp³-hybridized carbons (Fsp3) is 0.360. The molecule has 2 aromatic heterocycles. The molecule has 0 N–H and O–H groups in total. The molecule has 10 nitrogen and oxygen atoms in total. The van der Waals surface area contributed by atoms with E-state index >= 15 is 0 Å². The fourth-order valence-electron chi connectivity index (χ4n) is 4.10. The van der Waals surface area contributed by atoms with Crippen molar-refractivity contribution in [3.63, 3.8) is 0 Å². The minimum absolute atomic E-state index is 0.143. The largest absolute Gasteiger partial charge is 0.369 e. The highest BCUT2D eigenvalue weighted by Crippen LogP contribution is 2.24. The number of benzene rings is 1. The summed E-state index contributed by atoms with van der Waals surface area (Å²) in [6, 6.07) is 13.5. The summed E-state index contributed by atoms with van der Waals surface area (Å²) in [7, 11) is -2.80. The number of pyridine rings is 1. The molecule has 1 aromatic carbocycles. The Morgan fingerprint density at radius 1 is 1.08 bits per heavy atom. The van der Waals surface area contributed by atoms with E-state index in [1.807, 2.05) is 59.6 Å². The molecule has 0 bridgehead atoms. The van der Waals surface area contributed by atoms with Crippen LogP contribution < -0.4 is 4.90 Å². The Morgan fingerprint density at radius 2 is 1.92 bits per heavy atom. The number of hydrogen-bond acceptors (Lipinski definition) is 9. The number of anilines is 1. The average Bonchev–Trinajstić information content (AvgIpc) is 3.33. The first kappa shape index (κ1) is 26.7. The van der Waals surface area contributed by atoms with Crippen LogP contribution in [0.1, 0.15) is 17.7 Å². The van der Waals surface area contributed by atoms with Gasteiger partial charge in [-0.1, -0.05) is 16.5 Å². The normalized spacial score (nSPS) is 14.5. The zero-order chi connectivity index (χ0) is 26.0. The van der Waals surface area contributed by atoms with Gasteiger partial charge in [0.15, 0.2) is 0 Å². The Labute approximate surface area is 222 Å². The number of carbonyl (C=O) groups is 1. The number of rotatable bonds is 10. The van der Waals surface area contributed by atoms with E-state index in [1.54, 1.807) is 18.0 Å². The molecular formula is C25H29N7O3S2. The van der Waals surface area contributed by atoms with E-state index in [9.17, 15) is 13.2 Å². The Morgan fingerprint density at radius 3 is 2.65 bits per heavy atom. The quantitative estimate of drug-likeness (QED) is 0.361. The number of nitrogens with zero attached hydrogens (tertiary/aromatic N) is 7. The lowest BCUT2D eigenvalue weighted by Gasteiger charge is -2.36. The minimum atomic E-state index is -2.80. The van der Waals surface area contributed by atoms with Crippen molar-refractivity contribution in [3.8, 4) is 0 Å². The van der Waals surface area contributed by atoms with E-state index in [0.717, 1.165) is 44.1 Å². The predicted molar refractivity (Wildman–Crippen MR) is 146 cm³/mol. The maximum atomic E-state index is 12.2. The molecule has 194 valence electrons. The van der Waals surface area contributed by atoms with Crippen LogP contribution in [0.15, 0.2) is 70.4 Å². The zero-order valence-electron chi connectivity index (χ0n) is 20.6. The first-order valence-electron chi connectivity index (χ1n) is 11.9. The Balaban J connectivity index is 1.35. The van der Waals surface area contributed by atoms with Crippen LogP contribution in [0, 0.1) is 0 Å². The molecule has 0 atom stereocenters. The highest BCUT2D eigenvalue weighted by molar-refractivity contribution is 7.98. The maximum absolute atomic E-state index is 12.2. The molecule has 3 heterocycles. The van der Waals surface area contributed by atoms with Gasteiger partial charge < -0.3 is 4.90 Å². The van der Waals surface area contributed by atoms with Gasteiger partial charge in [-0.2, -0.15) is 25.3 Å². The summed E-state index contributed by atoms with van der Waals surface area (Å²) in [6.07, 6.45) is 8.05. The van der Waals surface area contributed by atoms with Gasteiger partial charge in [0.1, 0.15) is 5.71 Å². The molecule has 0 saturated carbocycles. The molecule has 1 amide bonds. The fourth-order valence-corrected chi connectivity index (χ4v) is 4.74. The first-order valence-corrected chi connectivity index (χ1v) is 14.3. The van der Waals surface area contributed by atoms with Gasteiger partial charge in [-0.15, -0.1) is 0 Å². The number of carbonyl (C=O) groups excluding carboxylic acids is 1.